The molecule has 0 unspecified atom stereocenters. The molecule has 32 heavy (non-hydrogen) atoms. The first-order valence-corrected chi connectivity index (χ1v) is 11.9. The number of nitrogens with zero attached hydrogens (tertiary/aromatic N) is 1. The summed E-state index contributed by atoms with van der Waals surface area (Å²) >= 11 is 0. The Morgan fingerprint density at radius 1 is 1.00 bits per heavy atom. The van der Waals surface area contributed by atoms with E-state index in [9.17, 15) is 18.0 Å². The van der Waals surface area contributed by atoms with E-state index in [1.165, 1.54) is 28.6 Å². The number of para-hydroxylation sites is 1. The van der Waals surface area contributed by atoms with Gasteiger partial charge in [0.2, 0.25) is 10.0 Å². The number of hydrogen-bond donors (Lipinski definition) is 2. The van der Waals surface area contributed by atoms with Crippen LogP contribution in [0.25, 0.3) is 0 Å². The Morgan fingerprint density at radius 2 is 1.69 bits per heavy atom. The Kier molecular flexibility index (Phi) is 7.20. The standard InChI is InChI=1S/C23H29N3O5S/c1-23(2,3)19-11-4-5-12-20(19)31-16-21(27)24-25-22(28)17-9-8-10-18(15-17)32(29,30)26-13-6-7-14-26/h4-5,8-12,15H,6-7,13-14,16H2,1-3H3,(H,24,27)(H,25,28). The highest BCUT2D eigenvalue weighted by Crippen LogP contribution is 2.30. The molecular formula is C23H29N3O5S. The van der Waals surface area contributed by atoms with E-state index in [1.807, 2.05) is 39.0 Å². The highest BCUT2D eigenvalue weighted by atomic mass is 32.2. The molecule has 2 aromatic carbocycles. The molecule has 1 aliphatic heterocycles. The van der Waals surface area contributed by atoms with E-state index in [2.05, 4.69) is 10.9 Å². The molecule has 0 aliphatic carbocycles. The third kappa shape index (κ3) is 5.66. The van der Waals surface area contributed by atoms with Gasteiger partial charge in [0.25, 0.3) is 11.8 Å². The molecule has 9 heteroatoms. The van der Waals surface area contributed by atoms with Crippen molar-refractivity contribution in [1.29, 1.82) is 0 Å². The van der Waals surface area contributed by atoms with E-state index >= 15 is 0 Å². The predicted molar refractivity (Wildman–Crippen MR) is 121 cm³/mol. The number of hydrazine groups is 1. The second-order valence-corrected chi connectivity index (χ2v) is 10.6. The molecule has 2 N–H and O–H groups in total. The number of hydrogen-bond acceptors (Lipinski definition) is 5. The van der Waals surface area contributed by atoms with Gasteiger partial charge >= 0.3 is 0 Å². The molecule has 8 nitrogen and oxygen atoms in total. The van der Waals surface area contributed by atoms with Gasteiger partial charge in [-0.2, -0.15) is 4.31 Å². The summed E-state index contributed by atoms with van der Waals surface area (Å²) in [7, 11) is -3.64. The average molecular weight is 460 g/mol. The molecule has 2 amide bonds. The quantitative estimate of drug-likeness (QED) is 0.646. The molecule has 0 saturated carbocycles. The van der Waals surface area contributed by atoms with Crippen LogP contribution in [0.5, 0.6) is 5.75 Å². The summed E-state index contributed by atoms with van der Waals surface area (Å²) in [4.78, 5) is 24.7. The minimum Gasteiger partial charge on any atom is -0.483 e. The van der Waals surface area contributed by atoms with E-state index in [0.29, 0.717) is 18.8 Å². The molecule has 1 heterocycles. The number of sulfonamides is 1. The van der Waals surface area contributed by atoms with Gasteiger partial charge in [0.15, 0.2) is 6.61 Å². The third-order valence-electron chi connectivity index (χ3n) is 5.17. The van der Waals surface area contributed by atoms with Crippen molar-refractivity contribution in [2.75, 3.05) is 19.7 Å². The van der Waals surface area contributed by atoms with Gasteiger partial charge in [-0.15, -0.1) is 0 Å². The topological polar surface area (TPSA) is 105 Å². The molecule has 0 atom stereocenters. The summed E-state index contributed by atoms with van der Waals surface area (Å²) in [5, 5.41) is 0. The molecule has 172 valence electrons. The molecule has 1 aliphatic rings. The van der Waals surface area contributed by atoms with Crippen LogP contribution in [0.2, 0.25) is 0 Å². The summed E-state index contributed by atoms with van der Waals surface area (Å²) in [6, 6.07) is 13.2. The Morgan fingerprint density at radius 3 is 2.38 bits per heavy atom. The lowest BCUT2D eigenvalue weighted by molar-refractivity contribution is -0.123. The second-order valence-electron chi connectivity index (χ2n) is 8.68. The molecule has 3 rings (SSSR count). The monoisotopic (exact) mass is 459 g/mol. The van der Waals surface area contributed by atoms with E-state index in [0.717, 1.165) is 18.4 Å². The van der Waals surface area contributed by atoms with Gasteiger partial charge in [0.05, 0.1) is 4.90 Å². The number of carbonyl (C=O) groups excluding carboxylic acids is 2. The van der Waals surface area contributed by atoms with Crippen molar-refractivity contribution in [3.05, 3.63) is 59.7 Å². The van der Waals surface area contributed by atoms with Crippen molar-refractivity contribution < 1.29 is 22.7 Å². The highest BCUT2D eigenvalue weighted by Gasteiger charge is 2.27. The highest BCUT2D eigenvalue weighted by molar-refractivity contribution is 7.89. The number of carbonyl (C=O) groups is 2. The number of benzene rings is 2. The molecule has 0 radical (unpaired) electrons. The molecule has 0 aromatic heterocycles. The zero-order valence-corrected chi connectivity index (χ0v) is 19.4. The molecule has 0 bridgehead atoms. The van der Waals surface area contributed by atoms with Crippen molar-refractivity contribution >= 4 is 21.8 Å². The maximum absolute atomic E-state index is 12.7. The minimum absolute atomic E-state index is 0.0560. The zero-order chi connectivity index (χ0) is 23.4. The Bertz CT molecular complexity index is 1090. The molecule has 0 spiro atoms. The summed E-state index contributed by atoms with van der Waals surface area (Å²) in [5.41, 5.74) is 5.54. The SMILES string of the molecule is CC(C)(C)c1ccccc1OCC(=O)NNC(=O)c1cccc(S(=O)(=O)N2CCCC2)c1. The van der Waals surface area contributed by atoms with E-state index in [-0.39, 0.29) is 22.5 Å². The van der Waals surface area contributed by atoms with Gasteiger partial charge in [0, 0.05) is 18.7 Å². The predicted octanol–water partition coefficient (Wildman–Crippen LogP) is 2.61. The maximum atomic E-state index is 12.7. The lowest BCUT2D eigenvalue weighted by Crippen LogP contribution is -2.44. The number of amides is 2. The van der Waals surface area contributed by atoms with E-state index in [1.54, 1.807) is 6.07 Å². The molecule has 1 fully saturated rings. The molecular weight excluding hydrogens is 430 g/mol. The lowest BCUT2D eigenvalue weighted by atomic mass is 9.86. The smallest absolute Gasteiger partial charge is 0.276 e. The maximum Gasteiger partial charge on any atom is 0.276 e. The first kappa shape index (κ1) is 23.7. The van der Waals surface area contributed by atoms with Crippen LogP contribution in [-0.2, 0) is 20.2 Å². The number of ether oxygens (including phenoxy) is 1. The Balaban J connectivity index is 1.58. The van der Waals surface area contributed by atoms with Crippen molar-refractivity contribution in [2.24, 2.45) is 0 Å². The fourth-order valence-corrected chi connectivity index (χ4v) is 5.03. The van der Waals surface area contributed by atoms with Crippen molar-refractivity contribution in [1.82, 2.24) is 15.2 Å². The summed E-state index contributed by atoms with van der Waals surface area (Å²) in [5.74, 6) is -0.559. The van der Waals surface area contributed by atoms with Gasteiger partial charge in [-0.1, -0.05) is 45.0 Å². The van der Waals surface area contributed by atoms with Crippen molar-refractivity contribution in [3.8, 4) is 5.75 Å². The zero-order valence-electron chi connectivity index (χ0n) is 18.6. The normalized spacial score (nSPS) is 14.7. The van der Waals surface area contributed by atoms with Crippen molar-refractivity contribution in [2.45, 2.75) is 43.9 Å². The molecule has 1 saturated heterocycles. The number of rotatable bonds is 6. The van der Waals surface area contributed by atoms with Gasteiger partial charge in [0.1, 0.15) is 5.75 Å². The Labute approximate surface area is 189 Å². The van der Waals surface area contributed by atoms with Crippen LogP contribution in [0, 0.1) is 0 Å². The van der Waals surface area contributed by atoms with Gasteiger partial charge in [-0.25, -0.2) is 8.42 Å². The van der Waals surface area contributed by atoms with Crippen LogP contribution < -0.4 is 15.6 Å². The largest absolute Gasteiger partial charge is 0.483 e. The van der Waals surface area contributed by atoms with Crippen LogP contribution in [0.3, 0.4) is 0 Å². The van der Waals surface area contributed by atoms with Crippen LogP contribution >= 0.6 is 0 Å². The first-order valence-electron chi connectivity index (χ1n) is 10.5. The third-order valence-corrected chi connectivity index (χ3v) is 7.06. The fraction of sp³-hybridized carbons (Fsp3) is 0.391. The van der Waals surface area contributed by atoms with E-state index < -0.39 is 21.8 Å². The van der Waals surface area contributed by atoms with Crippen molar-refractivity contribution in [3.63, 3.8) is 0 Å². The first-order chi connectivity index (χ1) is 15.1. The lowest BCUT2D eigenvalue weighted by Gasteiger charge is -2.22. The van der Waals surface area contributed by atoms with Gasteiger partial charge < -0.3 is 4.74 Å². The van der Waals surface area contributed by atoms with Crippen LogP contribution in [0.15, 0.2) is 53.4 Å². The summed E-state index contributed by atoms with van der Waals surface area (Å²) in [6.07, 6.45) is 1.65. The average Bonchev–Trinajstić information content (AvgIpc) is 3.31. The number of nitrogens with one attached hydrogen (secondary N) is 2. The van der Waals surface area contributed by atoms with Gasteiger partial charge in [-0.3, -0.25) is 20.4 Å². The Hall–Kier alpha value is -2.91. The van der Waals surface area contributed by atoms with Gasteiger partial charge in [-0.05, 0) is 48.1 Å². The van der Waals surface area contributed by atoms with Crippen LogP contribution in [0.4, 0.5) is 0 Å². The molecule has 2 aromatic rings. The summed E-state index contributed by atoms with van der Waals surface area (Å²) < 4.78 is 32.5. The van der Waals surface area contributed by atoms with Crippen LogP contribution in [0.1, 0.15) is 49.5 Å². The van der Waals surface area contributed by atoms with Crippen LogP contribution in [-0.4, -0.2) is 44.2 Å². The summed E-state index contributed by atoms with van der Waals surface area (Å²) in [6.45, 7) is 6.83. The fourth-order valence-electron chi connectivity index (χ4n) is 3.47. The van der Waals surface area contributed by atoms with E-state index in [4.69, 9.17) is 4.74 Å². The minimum atomic E-state index is -3.64. The second kappa shape index (κ2) is 9.70.